The Bertz CT molecular complexity index is 1030. The Kier molecular flexibility index (Phi) is 6.81. The van der Waals surface area contributed by atoms with Gasteiger partial charge in [-0.1, -0.05) is 36.7 Å². The molecule has 6 heteroatoms. The lowest BCUT2D eigenvalue weighted by molar-refractivity contribution is -0.120. The zero-order valence-electron chi connectivity index (χ0n) is 16.3. The summed E-state index contributed by atoms with van der Waals surface area (Å²) in [5, 5.41) is 5.99. The molecule has 0 fully saturated rings. The Morgan fingerprint density at radius 2 is 2.04 bits per heavy atom. The van der Waals surface area contributed by atoms with E-state index in [4.69, 9.17) is 11.6 Å². The second-order valence-electron chi connectivity index (χ2n) is 6.42. The van der Waals surface area contributed by atoms with Gasteiger partial charge in [0.25, 0.3) is 0 Å². The molecule has 4 nitrogen and oxygen atoms in total. The van der Waals surface area contributed by atoms with E-state index >= 15 is 0 Å². The van der Waals surface area contributed by atoms with Crippen LogP contribution in [-0.4, -0.2) is 22.4 Å². The number of carbonyl (C=O) groups excluding carboxylic acids is 1. The molecule has 0 spiro atoms. The van der Waals surface area contributed by atoms with Crippen LogP contribution in [0, 0.1) is 6.92 Å². The quantitative estimate of drug-likeness (QED) is 0.319. The van der Waals surface area contributed by atoms with Gasteiger partial charge >= 0.3 is 0 Å². The summed E-state index contributed by atoms with van der Waals surface area (Å²) in [6.07, 6.45) is 1.98. The third kappa shape index (κ3) is 4.42. The second kappa shape index (κ2) is 9.30. The molecule has 1 amide bonds. The summed E-state index contributed by atoms with van der Waals surface area (Å²) in [6, 6.07) is 13.9. The number of hydrazone groups is 1. The van der Waals surface area contributed by atoms with Crippen molar-refractivity contribution in [3.8, 4) is 0 Å². The molecule has 0 atom stereocenters. The van der Waals surface area contributed by atoms with Gasteiger partial charge in [-0.25, -0.2) is 5.43 Å². The summed E-state index contributed by atoms with van der Waals surface area (Å²) >= 11 is 7.80. The van der Waals surface area contributed by atoms with Crippen LogP contribution in [0.2, 0.25) is 5.02 Å². The molecule has 28 heavy (non-hydrogen) atoms. The van der Waals surface area contributed by atoms with Gasteiger partial charge in [0.05, 0.1) is 12.6 Å². The molecule has 1 N–H and O–H groups in total. The van der Waals surface area contributed by atoms with Crippen molar-refractivity contribution in [3.63, 3.8) is 0 Å². The van der Waals surface area contributed by atoms with E-state index in [1.54, 1.807) is 18.0 Å². The maximum atomic E-state index is 12.4. The molecule has 0 unspecified atom stereocenters. The van der Waals surface area contributed by atoms with E-state index < -0.39 is 0 Å². The standard InChI is InChI=1S/C22H24ClN3OS/c1-4-26-15(3)19(18-8-6-7-9-20(18)26)14-24-25-22(27)13-16-12-17(23)10-11-21(16)28-5-2/h6-12,14H,4-5,13H2,1-3H3,(H,25,27)/b24-14-. The molecule has 1 aromatic heterocycles. The van der Waals surface area contributed by atoms with Crippen molar-refractivity contribution in [2.75, 3.05) is 5.75 Å². The van der Waals surface area contributed by atoms with Crippen molar-refractivity contribution in [1.29, 1.82) is 0 Å². The number of carbonyl (C=O) groups is 1. The van der Waals surface area contributed by atoms with Crippen molar-refractivity contribution in [2.45, 2.75) is 38.6 Å². The van der Waals surface area contributed by atoms with E-state index in [0.29, 0.717) is 5.02 Å². The molecule has 0 aliphatic rings. The normalized spacial score (nSPS) is 11.4. The number of aryl methyl sites for hydroxylation is 1. The Morgan fingerprint density at radius 1 is 1.25 bits per heavy atom. The largest absolute Gasteiger partial charge is 0.344 e. The van der Waals surface area contributed by atoms with E-state index in [0.717, 1.165) is 39.4 Å². The van der Waals surface area contributed by atoms with Gasteiger partial charge in [-0.05, 0) is 49.4 Å². The van der Waals surface area contributed by atoms with Gasteiger partial charge in [-0.3, -0.25) is 4.79 Å². The van der Waals surface area contributed by atoms with Crippen molar-refractivity contribution in [2.24, 2.45) is 5.10 Å². The lowest BCUT2D eigenvalue weighted by Gasteiger charge is -2.08. The molecule has 146 valence electrons. The third-order valence-electron chi connectivity index (χ3n) is 4.65. The van der Waals surface area contributed by atoms with Crippen LogP contribution in [0.5, 0.6) is 0 Å². The molecular formula is C22H24ClN3OS. The number of para-hydroxylation sites is 1. The van der Waals surface area contributed by atoms with Gasteiger partial charge < -0.3 is 4.57 Å². The topological polar surface area (TPSA) is 46.4 Å². The average Bonchev–Trinajstić information content (AvgIpc) is 2.95. The number of nitrogens with zero attached hydrogens (tertiary/aromatic N) is 2. The fourth-order valence-corrected chi connectivity index (χ4v) is 4.38. The first kappa shape index (κ1) is 20.5. The Hall–Kier alpha value is -2.24. The average molecular weight is 414 g/mol. The van der Waals surface area contributed by atoms with Gasteiger partial charge in [-0.15, -0.1) is 11.8 Å². The Balaban J connectivity index is 1.76. The number of thioether (sulfide) groups is 1. The Morgan fingerprint density at radius 3 is 2.79 bits per heavy atom. The van der Waals surface area contributed by atoms with Crippen LogP contribution in [-0.2, 0) is 17.8 Å². The molecule has 0 aliphatic carbocycles. The van der Waals surface area contributed by atoms with Crippen molar-refractivity contribution in [3.05, 3.63) is 64.3 Å². The first-order chi connectivity index (χ1) is 13.5. The Labute approximate surface area is 175 Å². The minimum atomic E-state index is -0.159. The van der Waals surface area contributed by atoms with Crippen molar-refractivity contribution < 1.29 is 4.79 Å². The van der Waals surface area contributed by atoms with E-state index in [2.05, 4.69) is 48.0 Å². The number of fused-ring (bicyclic) bond motifs is 1. The number of rotatable bonds is 7. The summed E-state index contributed by atoms with van der Waals surface area (Å²) in [4.78, 5) is 13.5. The maximum absolute atomic E-state index is 12.4. The maximum Gasteiger partial charge on any atom is 0.244 e. The number of nitrogens with one attached hydrogen (secondary N) is 1. The second-order valence-corrected chi connectivity index (χ2v) is 8.16. The van der Waals surface area contributed by atoms with Gasteiger partial charge in [0, 0.05) is 38.6 Å². The molecular weight excluding hydrogens is 390 g/mol. The molecule has 0 aliphatic heterocycles. The van der Waals surface area contributed by atoms with E-state index in [9.17, 15) is 4.79 Å². The molecule has 3 aromatic rings. The zero-order valence-corrected chi connectivity index (χ0v) is 17.9. The van der Waals surface area contributed by atoms with E-state index in [-0.39, 0.29) is 12.3 Å². The highest BCUT2D eigenvalue weighted by Crippen LogP contribution is 2.26. The third-order valence-corrected chi connectivity index (χ3v) is 5.89. The summed E-state index contributed by atoms with van der Waals surface area (Å²) in [6.45, 7) is 7.17. The minimum Gasteiger partial charge on any atom is -0.344 e. The first-order valence-electron chi connectivity index (χ1n) is 9.36. The molecule has 2 aromatic carbocycles. The van der Waals surface area contributed by atoms with Crippen LogP contribution < -0.4 is 5.43 Å². The van der Waals surface area contributed by atoms with Crippen LogP contribution in [0.3, 0.4) is 0 Å². The van der Waals surface area contributed by atoms with Crippen LogP contribution in [0.1, 0.15) is 30.7 Å². The van der Waals surface area contributed by atoms with Gasteiger partial charge in [0.1, 0.15) is 0 Å². The highest BCUT2D eigenvalue weighted by molar-refractivity contribution is 7.99. The van der Waals surface area contributed by atoms with Crippen LogP contribution in [0.15, 0.2) is 52.5 Å². The summed E-state index contributed by atoms with van der Waals surface area (Å²) < 4.78 is 2.25. The number of hydrogen-bond acceptors (Lipinski definition) is 3. The highest BCUT2D eigenvalue weighted by atomic mass is 35.5. The SMILES string of the molecule is CCSc1ccc(Cl)cc1CC(=O)N/N=C\c1c(C)n(CC)c2ccccc12. The van der Waals surface area contributed by atoms with Crippen molar-refractivity contribution >= 4 is 46.4 Å². The summed E-state index contributed by atoms with van der Waals surface area (Å²) in [5.74, 6) is 0.781. The highest BCUT2D eigenvalue weighted by Gasteiger charge is 2.12. The smallest absolute Gasteiger partial charge is 0.244 e. The van der Waals surface area contributed by atoms with Crippen molar-refractivity contribution in [1.82, 2.24) is 9.99 Å². The minimum absolute atomic E-state index is 0.159. The predicted molar refractivity (Wildman–Crippen MR) is 120 cm³/mol. The van der Waals surface area contributed by atoms with Gasteiger partial charge in [0.2, 0.25) is 5.91 Å². The summed E-state index contributed by atoms with van der Waals surface area (Å²) in [7, 11) is 0. The number of hydrogen-bond donors (Lipinski definition) is 1. The zero-order chi connectivity index (χ0) is 20.1. The van der Waals surface area contributed by atoms with Gasteiger partial charge in [-0.2, -0.15) is 5.10 Å². The first-order valence-corrected chi connectivity index (χ1v) is 10.7. The number of benzene rings is 2. The van der Waals surface area contributed by atoms with Gasteiger partial charge in [0.15, 0.2) is 0 Å². The van der Waals surface area contributed by atoms with Crippen LogP contribution in [0.25, 0.3) is 10.9 Å². The molecule has 1 heterocycles. The van der Waals surface area contributed by atoms with Crippen LogP contribution in [0.4, 0.5) is 0 Å². The monoisotopic (exact) mass is 413 g/mol. The van der Waals surface area contributed by atoms with E-state index in [1.165, 1.54) is 5.52 Å². The fraction of sp³-hybridized carbons (Fsp3) is 0.273. The lowest BCUT2D eigenvalue weighted by Crippen LogP contribution is -2.20. The molecule has 0 radical (unpaired) electrons. The molecule has 0 saturated carbocycles. The molecule has 0 bridgehead atoms. The molecule has 3 rings (SSSR count). The number of aromatic nitrogens is 1. The van der Waals surface area contributed by atoms with E-state index in [1.807, 2.05) is 30.3 Å². The van der Waals surface area contributed by atoms with Crippen LogP contribution >= 0.6 is 23.4 Å². The predicted octanol–water partition coefficient (Wildman–Crippen LogP) is 5.43. The molecule has 0 saturated heterocycles. The lowest BCUT2D eigenvalue weighted by atomic mass is 10.1. The summed E-state index contributed by atoms with van der Waals surface area (Å²) in [5.41, 5.74) is 6.92. The fourth-order valence-electron chi connectivity index (χ4n) is 3.39. The number of amides is 1. The number of halogens is 1.